The lowest BCUT2D eigenvalue weighted by molar-refractivity contribution is 0.783. The monoisotopic (exact) mass is 149 g/mol. The molecule has 0 unspecified atom stereocenters. The molecule has 11 heavy (non-hydrogen) atoms. The highest BCUT2D eigenvalue weighted by molar-refractivity contribution is 5.82. The summed E-state index contributed by atoms with van der Waals surface area (Å²) in [4.78, 5) is 0. The smallest absolute Gasteiger partial charge is 0.165 e. The lowest BCUT2D eigenvalue weighted by Gasteiger charge is -2.05. The zero-order chi connectivity index (χ0) is 8.10. The average Bonchev–Trinajstić information content (AvgIpc) is 2.06. The summed E-state index contributed by atoms with van der Waals surface area (Å²) in [6, 6.07) is 0. The number of nitrogens with zero attached hydrogens (tertiary/aromatic N) is 1. The van der Waals surface area contributed by atoms with Gasteiger partial charge in [0.25, 0.3) is 0 Å². The van der Waals surface area contributed by atoms with E-state index in [0.29, 0.717) is 0 Å². The van der Waals surface area contributed by atoms with Crippen LogP contribution in [-0.4, -0.2) is 13.3 Å². The Kier molecular flexibility index (Phi) is 2.53. The van der Waals surface area contributed by atoms with Crippen molar-refractivity contribution in [2.45, 2.75) is 6.92 Å². The van der Waals surface area contributed by atoms with Crippen LogP contribution in [0.25, 0.3) is 0 Å². The summed E-state index contributed by atoms with van der Waals surface area (Å²) in [6.45, 7) is 1.96. The SMILES string of the molecule is C/C=C\C1=C=C(NC)NN=C1. The molecule has 3 heteroatoms. The fraction of sp³-hybridized carbons (Fsp3) is 0.250. The van der Waals surface area contributed by atoms with Gasteiger partial charge in [-0.15, -0.1) is 0 Å². The third kappa shape index (κ3) is 1.99. The van der Waals surface area contributed by atoms with E-state index in [1.807, 2.05) is 26.1 Å². The second-order valence-electron chi connectivity index (χ2n) is 2.08. The van der Waals surface area contributed by atoms with Crippen LogP contribution in [0.15, 0.2) is 34.4 Å². The molecule has 0 aromatic heterocycles. The van der Waals surface area contributed by atoms with Crippen LogP contribution in [0.1, 0.15) is 6.92 Å². The Hall–Kier alpha value is -1.47. The highest BCUT2D eigenvalue weighted by atomic mass is 15.3. The minimum absolute atomic E-state index is 0.792. The molecule has 0 amide bonds. The molecule has 0 fully saturated rings. The molecule has 1 rings (SSSR count). The fourth-order valence-electron chi connectivity index (χ4n) is 0.754. The van der Waals surface area contributed by atoms with E-state index in [-0.39, 0.29) is 0 Å². The number of nitrogens with one attached hydrogen (secondary N) is 2. The van der Waals surface area contributed by atoms with Crippen molar-refractivity contribution in [3.05, 3.63) is 29.3 Å². The van der Waals surface area contributed by atoms with Crippen LogP contribution in [0.5, 0.6) is 0 Å². The van der Waals surface area contributed by atoms with Crippen LogP contribution in [0, 0.1) is 0 Å². The van der Waals surface area contributed by atoms with Crippen LogP contribution >= 0.6 is 0 Å². The minimum Gasteiger partial charge on any atom is -0.367 e. The summed E-state index contributed by atoms with van der Waals surface area (Å²) >= 11 is 0. The van der Waals surface area contributed by atoms with Crippen molar-refractivity contribution in [1.82, 2.24) is 10.7 Å². The van der Waals surface area contributed by atoms with Crippen molar-refractivity contribution < 1.29 is 0 Å². The molecule has 1 heterocycles. The van der Waals surface area contributed by atoms with Crippen molar-refractivity contribution in [3.63, 3.8) is 0 Å². The van der Waals surface area contributed by atoms with Gasteiger partial charge in [0, 0.05) is 12.6 Å². The van der Waals surface area contributed by atoms with Gasteiger partial charge in [0.05, 0.1) is 6.21 Å². The molecule has 58 valence electrons. The predicted molar refractivity (Wildman–Crippen MR) is 46.0 cm³/mol. The van der Waals surface area contributed by atoms with E-state index in [9.17, 15) is 0 Å². The third-order valence-electron chi connectivity index (χ3n) is 1.25. The van der Waals surface area contributed by atoms with E-state index >= 15 is 0 Å². The lowest BCUT2D eigenvalue weighted by Crippen LogP contribution is -2.20. The van der Waals surface area contributed by atoms with Crippen molar-refractivity contribution in [2.75, 3.05) is 7.05 Å². The Balaban J connectivity index is 2.91. The summed E-state index contributed by atoms with van der Waals surface area (Å²) < 4.78 is 0. The van der Waals surface area contributed by atoms with Gasteiger partial charge < -0.3 is 5.32 Å². The topological polar surface area (TPSA) is 36.4 Å². The number of rotatable bonds is 2. The van der Waals surface area contributed by atoms with Gasteiger partial charge >= 0.3 is 0 Å². The Bertz CT molecular complexity index is 255. The number of hydrogen-bond donors (Lipinski definition) is 2. The molecule has 2 N–H and O–H groups in total. The lowest BCUT2D eigenvalue weighted by atomic mass is 10.3. The van der Waals surface area contributed by atoms with Gasteiger partial charge in [-0.25, -0.2) is 0 Å². The van der Waals surface area contributed by atoms with Crippen molar-refractivity contribution in [2.24, 2.45) is 5.10 Å². The summed E-state index contributed by atoms with van der Waals surface area (Å²) in [5, 5.41) is 6.82. The van der Waals surface area contributed by atoms with Crippen LogP contribution in [0.4, 0.5) is 0 Å². The van der Waals surface area contributed by atoms with Gasteiger partial charge in [-0.1, -0.05) is 11.8 Å². The van der Waals surface area contributed by atoms with Gasteiger partial charge in [-0.3, -0.25) is 5.43 Å². The van der Waals surface area contributed by atoms with E-state index < -0.39 is 0 Å². The summed E-state index contributed by atoms with van der Waals surface area (Å²) in [5.74, 6) is 0.792. The second-order valence-corrected chi connectivity index (χ2v) is 2.08. The van der Waals surface area contributed by atoms with Crippen LogP contribution in [0.3, 0.4) is 0 Å². The highest BCUT2D eigenvalue weighted by Gasteiger charge is 1.94. The Labute approximate surface area is 66.2 Å². The van der Waals surface area contributed by atoms with Gasteiger partial charge in [-0.2, -0.15) is 5.10 Å². The van der Waals surface area contributed by atoms with Crippen molar-refractivity contribution in [3.8, 4) is 0 Å². The highest BCUT2D eigenvalue weighted by Crippen LogP contribution is 1.95. The molecule has 3 nitrogen and oxygen atoms in total. The largest absolute Gasteiger partial charge is 0.367 e. The molecule has 0 saturated carbocycles. The molecule has 0 saturated heterocycles. The first-order valence-corrected chi connectivity index (χ1v) is 3.47. The maximum Gasteiger partial charge on any atom is 0.165 e. The molecule has 0 aromatic carbocycles. The van der Waals surface area contributed by atoms with E-state index in [1.165, 1.54) is 0 Å². The number of allylic oxidation sites excluding steroid dienone is 3. The standard InChI is InChI=1S/C8H11N3/c1-3-4-7-5-8(9-2)11-10-6-7/h3-4,6,9,11H,1-2H3/b4-3-. The van der Waals surface area contributed by atoms with Crippen molar-refractivity contribution >= 4 is 6.21 Å². The van der Waals surface area contributed by atoms with Crippen LogP contribution in [0.2, 0.25) is 0 Å². The Morgan fingerprint density at radius 3 is 3.18 bits per heavy atom. The van der Waals surface area contributed by atoms with E-state index in [0.717, 1.165) is 11.4 Å². The normalized spacial score (nSPS) is 15.8. The number of hydrazone groups is 1. The number of hydrogen-bond acceptors (Lipinski definition) is 3. The second kappa shape index (κ2) is 3.64. The zero-order valence-corrected chi connectivity index (χ0v) is 6.68. The first kappa shape index (κ1) is 7.63. The minimum atomic E-state index is 0.792. The molecule has 0 aromatic rings. The van der Waals surface area contributed by atoms with Crippen LogP contribution < -0.4 is 10.7 Å². The Morgan fingerprint density at radius 1 is 1.73 bits per heavy atom. The van der Waals surface area contributed by atoms with Gasteiger partial charge in [0.2, 0.25) is 0 Å². The van der Waals surface area contributed by atoms with Gasteiger partial charge in [0.1, 0.15) is 0 Å². The summed E-state index contributed by atoms with van der Waals surface area (Å²) in [6.07, 6.45) is 5.62. The van der Waals surface area contributed by atoms with E-state index in [4.69, 9.17) is 0 Å². The van der Waals surface area contributed by atoms with Gasteiger partial charge in [0.15, 0.2) is 5.82 Å². The van der Waals surface area contributed by atoms with E-state index in [2.05, 4.69) is 21.6 Å². The average molecular weight is 149 g/mol. The molecule has 1 aliphatic rings. The summed E-state index contributed by atoms with van der Waals surface area (Å²) in [7, 11) is 1.82. The predicted octanol–water partition coefficient (Wildman–Crippen LogP) is 0.738. The summed E-state index contributed by atoms with van der Waals surface area (Å²) in [5.41, 5.74) is 6.81. The third-order valence-corrected chi connectivity index (χ3v) is 1.25. The quantitative estimate of drug-likeness (QED) is 0.568. The van der Waals surface area contributed by atoms with Gasteiger partial charge in [-0.05, 0) is 13.0 Å². The zero-order valence-electron chi connectivity index (χ0n) is 6.68. The molecule has 0 aliphatic carbocycles. The first-order chi connectivity index (χ1) is 5.36. The van der Waals surface area contributed by atoms with E-state index in [1.54, 1.807) is 6.21 Å². The maximum atomic E-state index is 3.90. The first-order valence-electron chi connectivity index (χ1n) is 3.47. The van der Waals surface area contributed by atoms with Crippen LogP contribution in [-0.2, 0) is 0 Å². The van der Waals surface area contributed by atoms with Crippen molar-refractivity contribution in [1.29, 1.82) is 0 Å². The maximum absolute atomic E-state index is 3.90. The Morgan fingerprint density at radius 2 is 2.55 bits per heavy atom. The molecule has 0 spiro atoms. The molecule has 0 atom stereocenters. The molecule has 0 radical (unpaired) electrons. The molecular weight excluding hydrogens is 138 g/mol. The fourth-order valence-corrected chi connectivity index (χ4v) is 0.754. The molecule has 0 bridgehead atoms. The molecular formula is C8H11N3. The molecule has 1 aliphatic heterocycles.